The smallest absolute Gasteiger partial charge is 0.255 e. The predicted molar refractivity (Wildman–Crippen MR) is 80.6 cm³/mol. The molecule has 3 aromatic rings. The fourth-order valence-electron chi connectivity index (χ4n) is 1.98. The van der Waals surface area contributed by atoms with Gasteiger partial charge in [-0.1, -0.05) is 11.3 Å². The Bertz CT molecular complexity index is 761. The molecular weight excluding hydrogens is 288 g/mol. The van der Waals surface area contributed by atoms with Crippen LogP contribution in [-0.2, 0) is 6.54 Å². The van der Waals surface area contributed by atoms with Crippen LogP contribution >= 0.6 is 11.3 Å². The van der Waals surface area contributed by atoms with Crippen molar-refractivity contribution in [2.75, 3.05) is 12.4 Å². The number of rotatable bonds is 4. The highest BCUT2D eigenvalue weighted by molar-refractivity contribution is 7.16. The van der Waals surface area contributed by atoms with Gasteiger partial charge in [0.15, 0.2) is 0 Å². The molecule has 0 saturated carbocycles. The van der Waals surface area contributed by atoms with Crippen molar-refractivity contribution < 1.29 is 4.79 Å². The third-order valence-corrected chi connectivity index (χ3v) is 3.75. The van der Waals surface area contributed by atoms with E-state index in [2.05, 4.69) is 25.7 Å². The van der Waals surface area contributed by atoms with Gasteiger partial charge in [-0.3, -0.25) is 4.79 Å². The molecule has 0 bridgehead atoms. The van der Waals surface area contributed by atoms with Crippen LogP contribution in [0.4, 0.5) is 5.82 Å². The lowest BCUT2D eigenvalue weighted by molar-refractivity contribution is 0.0951. The molecule has 0 atom stereocenters. The van der Waals surface area contributed by atoms with E-state index in [-0.39, 0.29) is 5.91 Å². The largest absolute Gasteiger partial charge is 0.372 e. The zero-order valence-electron chi connectivity index (χ0n) is 11.6. The summed E-state index contributed by atoms with van der Waals surface area (Å²) < 4.78 is 1.73. The maximum atomic E-state index is 12.2. The van der Waals surface area contributed by atoms with Gasteiger partial charge in [0.1, 0.15) is 10.8 Å². The van der Waals surface area contributed by atoms with E-state index in [0.717, 1.165) is 15.7 Å². The van der Waals surface area contributed by atoms with Crippen LogP contribution in [0.2, 0.25) is 0 Å². The van der Waals surface area contributed by atoms with Crippen molar-refractivity contribution in [1.82, 2.24) is 24.9 Å². The second-order valence-electron chi connectivity index (χ2n) is 4.41. The summed E-state index contributed by atoms with van der Waals surface area (Å²) in [5.41, 5.74) is 1.28. The van der Waals surface area contributed by atoms with Gasteiger partial charge in [0.05, 0.1) is 24.0 Å². The van der Waals surface area contributed by atoms with Gasteiger partial charge in [-0.25, -0.2) is 14.5 Å². The van der Waals surface area contributed by atoms with E-state index in [1.165, 1.54) is 11.3 Å². The van der Waals surface area contributed by atoms with Crippen LogP contribution in [0.3, 0.4) is 0 Å². The predicted octanol–water partition coefficient (Wildman–Crippen LogP) is 1.47. The summed E-state index contributed by atoms with van der Waals surface area (Å²) in [5.74, 6) is 0.367. The number of amides is 1. The molecule has 0 unspecified atom stereocenters. The minimum atomic E-state index is -0.187. The molecule has 21 heavy (non-hydrogen) atoms. The number of nitrogens with one attached hydrogen (secondary N) is 2. The average Bonchev–Trinajstić information content (AvgIpc) is 3.01. The lowest BCUT2D eigenvalue weighted by Crippen LogP contribution is -2.24. The van der Waals surface area contributed by atoms with Crippen LogP contribution in [-0.4, -0.2) is 32.5 Å². The molecule has 108 valence electrons. The molecule has 0 aliphatic heterocycles. The van der Waals surface area contributed by atoms with E-state index in [9.17, 15) is 4.79 Å². The van der Waals surface area contributed by atoms with Crippen LogP contribution in [0.1, 0.15) is 21.1 Å². The fraction of sp³-hybridized carbons (Fsp3) is 0.231. The van der Waals surface area contributed by atoms with Gasteiger partial charge in [0, 0.05) is 13.2 Å². The molecule has 7 nitrogen and oxygen atoms in total. The van der Waals surface area contributed by atoms with Crippen molar-refractivity contribution in [3.63, 3.8) is 0 Å². The van der Waals surface area contributed by atoms with Gasteiger partial charge in [-0.05, 0) is 19.1 Å². The number of carbonyl (C=O) groups excluding carboxylic acids is 1. The molecule has 2 N–H and O–H groups in total. The van der Waals surface area contributed by atoms with Gasteiger partial charge in [-0.15, -0.1) is 0 Å². The first-order chi connectivity index (χ1) is 10.2. The van der Waals surface area contributed by atoms with Crippen molar-refractivity contribution in [1.29, 1.82) is 0 Å². The Labute approximate surface area is 125 Å². The zero-order valence-corrected chi connectivity index (χ0v) is 12.4. The number of fused-ring (bicyclic) bond motifs is 1. The summed E-state index contributed by atoms with van der Waals surface area (Å²) in [6.45, 7) is 2.29. The maximum absolute atomic E-state index is 12.2. The molecule has 0 aliphatic rings. The SMILES string of the molecule is CNc1ncccc1C(=O)NCc1cn2nc(C)sc2n1. The third kappa shape index (κ3) is 2.70. The zero-order chi connectivity index (χ0) is 14.8. The summed E-state index contributed by atoms with van der Waals surface area (Å²) in [6.07, 6.45) is 3.46. The van der Waals surface area contributed by atoms with Gasteiger partial charge >= 0.3 is 0 Å². The Hall–Kier alpha value is -2.48. The molecule has 8 heteroatoms. The molecule has 0 spiro atoms. The lowest BCUT2D eigenvalue weighted by Gasteiger charge is -2.07. The van der Waals surface area contributed by atoms with Crippen LogP contribution in [0, 0.1) is 6.92 Å². The molecule has 3 aromatic heterocycles. The Balaban J connectivity index is 1.71. The molecule has 0 fully saturated rings. The Morgan fingerprint density at radius 1 is 1.48 bits per heavy atom. The molecular formula is C13H14N6OS. The highest BCUT2D eigenvalue weighted by Crippen LogP contribution is 2.14. The normalized spacial score (nSPS) is 10.8. The second kappa shape index (κ2) is 5.49. The van der Waals surface area contributed by atoms with E-state index < -0.39 is 0 Å². The Morgan fingerprint density at radius 2 is 2.33 bits per heavy atom. The third-order valence-electron chi connectivity index (χ3n) is 2.91. The fourth-order valence-corrected chi connectivity index (χ4v) is 2.73. The maximum Gasteiger partial charge on any atom is 0.255 e. The van der Waals surface area contributed by atoms with Crippen molar-refractivity contribution in [2.24, 2.45) is 0 Å². The molecule has 0 aliphatic carbocycles. The molecule has 3 heterocycles. The number of pyridine rings is 1. The molecule has 3 rings (SSSR count). The number of imidazole rings is 1. The highest BCUT2D eigenvalue weighted by Gasteiger charge is 2.12. The molecule has 0 radical (unpaired) electrons. The van der Waals surface area contributed by atoms with E-state index in [1.54, 1.807) is 29.9 Å². The molecule has 1 amide bonds. The van der Waals surface area contributed by atoms with Crippen molar-refractivity contribution >= 4 is 28.0 Å². The molecule has 0 aromatic carbocycles. The van der Waals surface area contributed by atoms with E-state index in [0.29, 0.717) is 17.9 Å². The first kappa shape index (κ1) is 13.5. The first-order valence-electron chi connectivity index (χ1n) is 6.40. The van der Waals surface area contributed by atoms with E-state index >= 15 is 0 Å². The van der Waals surface area contributed by atoms with E-state index in [1.807, 2.05) is 13.1 Å². The number of carbonyl (C=O) groups is 1. The monoisotopic (exact) mass is 302 g/mol. The minimum Gasteiger partial charge on any atom is -0.372 e. The summed E-state index contributed by atoms with van der Waals surface area (Å²) >= 11 is 1.52. The Kier molecular flexibility index (Phi) is 3.53. The van der Waals surface area contributed by atoms with Crippen LogP contribution < -0.4 is 10.6 Å². The summed E-state index contributed by atoms with van der Waals surface area (Å²) in [7, 11) is 1.73. The standard InChI is InChI=1S/C13H14N6OS/c1-8-18-19-7-9(17-13(19)21-8)6-16-12(20)10-4-3-5-15-11(10)14-2/h3-5,7H,6H2,1-2H3,(H,14,15)(H,16,20). The van der Waals surface area contributed by atoms with Gasteiger partial charge in [0.25, 0.3) is 5.91 Å². The van der Waals surface area contributed by atoms with Crippen LogP contribution in [0.15, 0.2) is 24.5 Å². The van der Waals surface area contributed by atoms with Crippen molar-refractivity contribution in [3.8, 4) is 0 Å². The number of aromatic nitrogens is 4. The topological polar surface area (TPSA) is 84.2 Å². The number of anilines is 1. The number of hydrogen-bond donors (Lipinski definition) is 2. The van der Waals surface area contributed by atoms with Crippen molar-refractivity contribution in [2.45, 2.75) is 13.5 Å². The van der Waals surface area contributed by atoms with Crippen LogP contribution in [0.5, 0.6) is 0 Å². The van der Waals surface area contributed by atoms with Gasteiger partial charge < -0.3 is 10.6 Å². The van der Waals surface area contributed by atoms with E-state index in [4.69, 9.17) is 0 Å². The minimum absolute atomic E-state index is 0.187. The van der Waals surface area contributed by atoms with Crippen LogP contribution in [0.25, 0.3) is 4.96 Å². The Morgan fingerprint density at radius 3 is 3.10 bits per heavy atom. The highest BCUT2D eigenvalue weighted by atomic mass is 32.1. The summed E-state index contributed by atoms with van der Waals surface area (Å²) in [4.78, 5) is 21.5. The lowest BCUT2D eigenvalue weighted by atomic mass is 10.2. The quantitative estimate of drug-likeness (QED) is 0.762. The number of hydrogen-bond acceptors (Lipinski definition) is 6. The van der Waals surface area contributed by atoms with Gasteiger partial charge in [0.2, 0.25) is 4.96 Å². The van der Waals surface area contributed by atoms with Crippen molar-refractivity contribution in [3.05, 3.63) is 40.8 Å². The number of aryl methyl sites for hydroxylation is 1. The molecule has 0 saturated heterocycles. The van der Waals surface area contributed by atoms with Gasteiger partial charge in [-0.2, -0.15) is 5.10 Å². The number of nitrogens with zero attached hydrogens (tertiary/aromatic N) is 4. The first-order valence-corrected chi connectivity index (χ1v) is 7.21. The summed E-state index contributed by atoms with van der Waals surface area (Å²) in [6, 6.07) is 3.46. The summed E-state index contributed by atoms with van der Waals surface area (Å²) in [5, 5.41) is 11.0. The average molecular weight is 302 g/mol. The second-order valence-corrected chi connectivity index (χ2v) is 5.57.